The summed E-state index contributed by atoms with van der Waals surface area (Å²) in [7, 11) is 0. The summed E-state index contributed by atoms with van der Waals surface area (Å²) in [6, 6.07) is 0. The number of carbonyl (C=O) groups is 2. The first kappa shape index (κ1) is 15.0. The molecule has 104 valence electrons. The fourth-order valence-corrected chi connectivity index (χ4v) is 2.24. The molecule has 0 saturated carbocycles. The Hall–Kier alpha value is -1.10. The molecule has 5 heteroatoms. The molecule has 1 aliphatic rings. The minimum absolute atomic E-state index is 0.0216. The van der Waals surface area contributed by atoms with E-state index in [4.69, 9.17) is 0 Å². The van der Waals surface area contributed by atoms with E-state index in [0.29, 0.717) is 13.1 Å². The molecule has 0 aromatic rings. The van der Waals surface area contributed by atoms with E-state index in [1.807, 2.05) is 18.7 Å². The van der Waals surface area contributed by atoms with Crippen LogP contribution < -0.4 is 0 Å². The van der Waals surface area contributed by atoms with Gasteiger partial charge in [0.1, 0.15) is 6.42 Å². The fourth-order valence-electron chi connectivity index (χ4n) is 2.24. The molecule has 0 spiro atoms. The zero-order valence-corrected chi connectivity index (χ0v) is 11.8. The molecule has 1 heterocycles. The fraction of sp³-hybridized carbons (Fsp3) is 0.846. The van der Waals surface area contributed by atoms with Gasteiger partial charge in [-0.3, -0.25) is 9.59 Å². The van der Waals surface area contributed by atoms with Crippen molar-refractivity contribution in [1.82, 2.24) is 14.7 Å². The summed E-state index contributed by atoms with van der Waals surface area (Å²) < 4.78 is 0. The molecule has 1 rings (SSSR count). The van der Waals surface area contributed by atoms with Crippen LogP contribution in [-0.2, 0) is 9.59 Å². The van der Waals surface area contributed by atoms with E-state index in [0.717, 1.165) is 32.7 Å². The number of piperazine rings is 1. The molecule has 0 aromatic carbocycles. The monoisotopic (exact) mass is 255 g/mol. The molecule has 1 aliphatic heterocycles. The van der Waals surface area contributed by atoms with Gasteiger partial charge in [-0.1, -0.05) is 6.92 Å². The Bertz CT molecular complexity index is 282. The Kier molecular flexibility index (Phi) is 6.12. The van der Waals surface area contributed by atoms with E-state index in [1.54, 1.807) is 4.90 Å². The third kappa shape index (κ3) is 3.98. The van der Waals surface area contributed by atoms with Gasteiger partial charge in [-0.15, -0.1) is 0 Å². The first-order valence-corrected chi connectivity index (χ1v) is 6.90. The van der Waals surface area contributed by atoms with Crippen LogP contribution in [-0.4, -0.2) is 72.3 Å². The van der Waals surface area contributed by atoms with Crippen LogP contribution >= 0.6 is 0 Å². The number of nitrogens with zero attached hydrogens (tertiary/aromatic N) is 3. The highest BCUT2D eigenvalue weighted by atomic mass is 16.2. The molecule has 0 atom stereocenters. The van der Waals surface area contributed by atoms with E-state index in [-0.39, 0.29) is 18.2 Å². The molecular weight excluding hydrogens is 230 g/mol. The molecule has 0 bridgehead atoms. The normalized spacial score (nSPS) is 16.7. The second-order valence-corrected chi connectivity index (χ2v) is 4.56. The molecule has 1 saturated heterocycles. The molecule has 0 unspecified atom stereocenters. The predicted octanol–water partition coefficient (Wildman–Crippen LogP) is 0.409. The standard InChI is InChI=1S/C13H25N3O2/c1-4-14-7-9-16(10-8-14)13(18)11-12(17)15(5-2)6-3/h4-11H2,1-3H3. The lowest BCUT2D eigenvalue weighted by molar-refractivity contribution is -0.141. The first-order valence-electron chi connectivity index (χ1n) is 6.90. The number of hydrogen-bond acceptors (Lipinski definition) is 3. The van der Waals surface area contributed by atoms with Gasteiger partial charge in [-0.2, -0.15) is 0 Å². The maximum absolute atomic E-state index is 12.0. The van der Waals surface area contributed by atoms with Gasteiger partial charge in [0, 0.05) is 39.3 Å². The third-order valence-electron chi connectivity index (χ3n) is 3.59. The highest BCUT2D eigenvalue weighted by Crippen LogP contribution is 2.05. The van der Waals surface area contributed by atoms with Crippen molar-refractivity contribution in [3.63, 3.8) is 0 Å². The molecule has 0 aliphatic carbocycles. The van der Waals surface area contributed by atoms with Crippen molar-refractivity contribution >= 4 is 11.8 Å². The quantitative estimate of drug-likeness (QED) is 0.668. The smallest absolute Gasteiger partial charge is 0.232 e. The molecule has 0 aromatic heterocycles. The second-order valence-electron chi connectivity index (χ2n) is 4.56. The van der Waals surface area contributed by atoms with Crippen LogP contribution in [0.3, 0.4) is 0 Å². The van der Waals surface area contributed by atoms with E-state index in [1.165, 1.54) is 0 Å². The zero-order valence-electron chi connectivity index (χ0n) is 11.8. The second kappa shape index (κ2) is 7.36. The molecule has 18 heavy (non-hydrogen) atoms. The Balaban J connectivity index is 2.39. The third-order valence-corrected chi connectivity index (χ3v) is 3.59. The van der Waals surface area contributed by atoms with E-state index < -0.39 is 0 Å². The molecular formula is C13H25N3O2. The number of rotatable bonds is 5. The molecule has 5 nitrogen and oxygen atoms in total. The summed E-state index contributed by atoms with van der Waals surface area (Å²) >= 11 is 0. The van der Waals surface area contributed by atoms with Crippen LogP contribution in [0.1, 0.15) is 27.2 Å². The van der Waals surface area contributed by atoms with Crippen molar-refractivity contribution in [1.29, 1.82) is 0 Å². The Labute approximate surface area is 110 Å². The summed E-state index contributed by atoms with van der Waals surface area (Å²) in [5.74, 6) is -0.0782. The molecule has 2 amide bonds. The van der Waals surface area contributed by atoms with Crippen molar-refractivity contribution in [2.24, 2.45) is 0 Å². The largest absolute Gasteiger partial charge is 0.343 e. The van der Waals surface area contributed by atoms with Gasteiger partial charge >= 0.3 is 0 Å². The van der Waals surface area contributed by atoms with Crippen molar-refractivity contribution in [3.05, 3.63) is 0 Å². The van der Waals surface area contributed by atoms with E-state index in [9.17, 15) is 9.59 Å². The lowest BCUT2D eigenvalue weighted by Crippen LogP contribution is -2.49. The van der Waals surface area contributed by atoms with Gasteiger partial charge in [-0.25, -0.2) is 0 Å². The molecule has 0 radical (unpaired) electrons. The van der Waals surface area contributed by atoms with Crippen LogP contribution in [0, 0.1) is 0 Å². The maximum atomic E-state index is 12.0. The van der Waals surface area contributed by atoms with Crippen molar-refractivity contribution in [2.45, 2.75) is 27.2 Å². The van der Waals surface area contributed by atoms with Crippen LogP contribution in [0.4, 0.5) is 0 Å². The van der Waals surface area contributed by atoms with Crippen molar-refractivity contribution in [2.75, 3.05) is 45.8 Å². The van der Waals surface area contributed by atoms with Gasteiger partial charge in [0.2, 0.25) is 11.8 Å². The van der Waals surface area contributed by atoms with Crippen LogP contribution in [0.15, 0.2) is 0 Å². The summed E-state index contributed by atoms with van der Waals surface area (Å²) in [6.45, 7) is 11.7. The van der Waals surface area contributed by atoms with Gasteiger partial charge in [0.05, 0.1) is 0 Å². The average Bonchev–Trinajstić information content (AvgIpc) is 2.40. The van der Waals surface area contributed by atoms with E-state index in [2.05, 4.69) is 11.8 Å². The summed E-state index contributed by atoms with van der Waals surface area (Å²) in [6.07, 6.45) is 0.0216. The number of hydrogen-bond donors (Lipinski definition) is 0. The van der Waals surface area contributed by atoms with E-state index >= 15 is 0 Å². The zero-order chi connectivity index (χ0) is 13.5. The van der Waals surface area contributed by atoms with Gasteiger partial charge < -0.3 is 14.7 Å². The summed E-state index contributed by atoms with van der Waals surface area (Å²) in [5, 5.41) is 0. The van der Waals surface area contributed by atoms with Crippen molar-refractivity contribution < 1.29 is 9.59 Å². The average molecular weight is 255 g/mol. The first-order chi connectivity index (χ1) is 8.62. The summed E-state index contributed by atoms with van der Waals surface area (Å²) in [4.78, 5) is 29.7. The summed E-state index contributed by atoms with van der Waals surface area (Å²) in [5.41, 5.74) is 0. The highest BCUT2D eigenvalue weighted by molar-refractivity contribution is 5.96. The number of carbonyl (C=O) groups excluding carboxylic acids is 2. The minimum Gasteiger partial charge on any atom is -0.343 e. The number of amides is 2. The van der Waals surface area contributed by atoms with Crippen molar-refractivity contribution in [3.8, 4) is 0 Å². The minimum atomic E-state index is -0.0529. The van der Waals surface area contributed by atoms with Gasteiger partial charge in [0.25, 0.3) is 0 Å². The Morgan fingerprint density at radius 3 is 2.00 bits per heavy atom. The maximum Gasteiger partial charge on any atom is 0.232 e. The topological polar surface area (TPSA) is 43.9 Å². The Morgan fingerprint density at radius 1 is 1.00 bits per heavy atom. The van der Waals surface area contributed by atoms with Gasteiger partial charge in [-0.05, 0) is 20.4 Å². The van der Waals surface area contributed by atoms with Crippen LogP contribution in [0.2, 0.25) is 0 Å². The number of likely N-dealkylation sites (N-methyl/N-ethyl adjacent to an activating group) is 1. The molecule has 1 fully saturated rings. The highest BCUT2D eigenvalue weighted by Gasteiger charge is 2.23. The van der Waals surface area contributed by atoms with Crippen LogP contribution in [0.5, 0.6) is 0 Å². The van der Waals surface area contributed by atoms with Crippen LogP contribution in [0.25, 0.3) is 0 Å². The Morgan fingerprint density at radius 2 is 1.56 bits per heavy atom. The van der Waals surface area contributed by atoms with Gasteiger partial charge in [0.15, 0.2) is 0 Å². The lowest BCUT2D eigenvalue weighted by atomic mass is 10.2. The molecule has 0 N–H and O–H groups in total. The SMILES string of the molecule is CCN1CCN(C(=O)CC(=O)N(CC)CC)CC1. The predicted molar refractivity (Wildman–Crippen MR) is 71.2 cm³/mol. The lowest BCUT2D eigenvalue weighted by Gasteiger charge is -2.34.